The molecule has 0 spiro atoms. The summed E-state index contributed by atoms with van der Waals surface area (Å²) in [6.45, 7) is 1.48. The first-order valence-electron chi connectivity index (χ1n) is 5.04. The van der Waals surface area contributed by atoms with Crippen molar-refractivity contribution < 1.29 is 9.90 Å². The Morgan fingerprint density at radius 3 is 2.53 bits per heavy atom. The van der Waals surface area contributed by atoms with Gasteiger partial charge in [-0.2, -0.15) is 0 Å². The molecule has 0 amide bonds. The zero-order valence-corrected chi connectivity index (χ0v) is 10.1. The molecule has 1 heterocycles. The van der Waals surface area contributed by atoms with Crippen LogP contribution in [0.1, 0.15) is 12.5 Å². The second kappa shape index (κ2) is 4.27. The molecule has 0 radical (unpaired) electrons. The summed E-state index contributed by atoms with van der Waals surface area (Å²) in [7, 11) is 0. The molecular weight excluding hydrogens is 236 g/mol. The van der Waals surface area contributed by atoms with Gasteiger partial charge >= 0.3 is 5.97 Å². The quantitative estimate of drug-likeness (QED) is 0.871. The van der Waals surface area contributed by atoms with Gasteiger partial charge in [0.15, 0.2) is 0 Å². The van der Waals surface area contributed by atoms with E-state index >= 15 is 0 Å². The number of rotatable bonds is 3. The molecule has 2 rings (SSSR count). The summed E-state index contributed by atoms with van der Waals surface area (Å²) in [4.78, 5) is 15.2. The molecule has 1 aromatic heterocycles. The van der Waals surface area contributed by atoms with Gasteiger partial charge in [-0.25, -0.2) is 9.78 Å². The van der Waals surface area contributed by atoms with Gasteiger partial charge < -0.3 is 10.8 Å². The summed E-state index contributed by atoms with van der Waals surface area (Å²) < 4.78 is 0. The molecule has 4 nitrogen and oxygen atoms in total. The summed E-state index contributed by atoms with van der Waals surface area (Å²) >= 11 is 1.54. The Morgan fingerprint density at radius 2 is 2.06 bits per heavy atom. The molecule has 88 valence electrons. The lowest BCUT2D eigenvalue weighted by Gasteiger charge is -2.19. The van der Waals surface area contributed by atoms with Crippen LogP contribution in [0.3, 0.4) is 0 Å². The van der Waals surface area contributed by atoms with Crippen molar-refractivity contribution in [3.05, 3.63) is 41.4 Å². The van der Waals surface area contributed by atoms with Crippen LogP contribution in [0.25, 0.3) is 10.6 Å². The molecule has 0 aliphatic heterocycles. The van der Waals surface area contributed by atoms with E-state index in [1.807, 2.05) is 17.5 Å². The van der Waals surface area contributed by atoms with E-state index in [0.29, 0.717) is 5.56 Å². The van der Waals surface area contributed by atoms with Crippen LogP contribution in [0.2, 0.25) is 0 Å². The lowest BCUT2D eigenvalue weighted by atomic mass is 9.93. The van der Waals surface area contributed by atoms with Crippen LogP contribution < -0.4 is 5.73 Å². The van der Waals surface area contributed by atoms with Crippen molar-refractivity contribution in [1.82, 2.24) is 4.98 Å². The van der Waals surface area contributed by atoms with Crippen LogP contribution in [0.5, 0.6) is 0 Å². The van der Waals surface area contributed by atoms with E-state index in [2.05, 4.69) is 4.98 Å². The van der Waals surface area contributed by atoms with Crippen molar-refractivity contribution in [2.45, 2.75) is 12.5 Å². The fourth-order valence-electron chi connectivity index (χ4n) is 1.45. The largest absolute Gasteiger partial charge is 0.480 e. The molecule has 0 aliphatic carbocycles. The molecule has 0 bridgehead atoms. The fourth-order valence-corrected chi connectivity index (χ4v) is 2.09. The molecule has 0 aliphatic rings. The number of aromatic nitrogens is 1. The normalized spacial score (nSPS) is 14.2. The van der Waals surface area contributed by atoms with Gasteiger partial charge in [-0.15, -0.1) is 11.3 Å². The van der Waals surface area contributed by atoms with Gasteiger partial charge in [0, 0.05) is 17.1 Å². The van der Waals surface area contributed by atoms with Crippen molar-refractivity contribution in [3.63, 3.8) is 0 Å². The Morgan fingerprint density at radius 1 is 1.41 bits per heavy atom. The molecule has 3 N–H and O–H groups in total. The predicted octanol–water partition coefficient (Wildman–Crippen LogP) is 2.07. The zero-order chi connectivity index (χ0) is 12.5. The molecule has 0 saturated carbocycles. The van der Waals surface area contributed by atoms with Gasteiger partial charge in [-0.05, 0) is 12.5 Å². The number of nitrogens with two attached hydrogens (primary N) is 1. The average Bonchev–Trinajstić information content (AvgIpc) is 2.82. The Bertz CT molecular complexity index is 518. The van der Waals surface area contributed by atoms with Gasteiger partial charge in [0.05, 0.1) is 0 Å². The first-order chi connectivity index (χ1) is 8.01. The summed E-state index contributed by atoms with van der Waals surface area (Å²) in [5.41, 5.74) is 5.91. The highest BCUT2D eigenvalue weighted by Crippen LogP contribution is 2.25. The van der Waals surface area contributed by atoms with E-state index < -0.39 is 11.5 Å². The molecule has 17 heavy (non-hydrogen) atoms. The Hall–Kier alpha value is -1.72. The standard InChI is InChI=1S/C12H12N2O2S/c1-12(13,11(15)16)9-4-2-8(3-5-9)10-14-6-7-17-10/h2-7H,13H2,1H3,(H,15,16)/t12-/m1/s1. The molecule has 5 heteroatoms. The highest BCUT2D eigenvalue weighted by Gasteiger charge is 2.29. The molecule has 2 aromatic rings. The van der Waals surface area contributed by atoms with Crippen LogP contribution in [0.15, 0.2) is 35.8 Å². The molecule has 1 atom stereocenters. The van der Waals surface area contributed by atoms with Crippen LogP contribution in [-0.2, 0) is 10.3 Å². The van der Waals surface area contributed by atoms with Crippen molar-refractivity contribution in [1.29, 1.82) is 0 Å². The van der Waals surface area contributed by atoms with Gasteiger partial charge in [0.25, 0.3) is 0 Å². The second-order valence-electron chi connectivity index (χ2n) is 3.92. The fraction of sp³-hybridized carbons (Fsp3) is 0.167. The van der Waals surface area contributed by atoms with Crippen molar-refractivity contribution in [2.75, 3.05) is 0 Å². The minimum Gasteiger partial charge on any atom is -0.480 e. The number of aliphatic carboxylic acids is 1. The number of carboxylic acids is 1. The molecule has 1 aromatic carbocycles. The van der Waals surface area contributed by atoms with Gasteiger partial charge in [-0.3, -0.25) is 0 Å². The summed E-state index contributed by atoms with van der Waals surface area (Å²) in [5.74, 6) is -1.04. The van der Waals surface area contributed by atoms with Gasteiger partial charge in [0.1, 0.15) is 10.5 Å². The van der Waals surface area contributed by atoms with Crippen LogP contribution in [0.4, 0.5) is 0 Å². The first kappa shape index (κ1) is 11.8. The summed E-state index contributed by atoms with van der Waals surface area (Å²) in [6.07, 6.45) is 1.73. The minimum absolute atomic E-state index is 0.574. The monoisotopic (exact) mass is 248 g/mol. The highest BCUT2D eigenvalue weighted by molar-refractivity contribution is 7.13. The van der Waals surface area contributed by atoms with Gasteiger partial charge in [-0.1, -0.05) is 24.3 Å². The number of hydrogen-bond donors (Lipinski definition) is 2. The Balaban J connectivity index is 2.34. The minimum atomic E-state index is -1.36. The third kappa shape index (κ3) is 2.20. The van der Waals surface area contributed by atoms with Crippen molar-refractivity contribution >= 4 is 17.3 Å². The summed E-state index contributed by atoms with van der Waals surface area (Å²) in [5, 5.41) is 11.8. The lowest BCUT2D eigenvalue weighted by molar-refractivity contribution is -0.143. The number of carbonyl (C=O) groups is 1. The van der Waals surface area contributed by atoms with E-state index in [0.717, 1.165) is 10.6 Å². The smallest absolute Gasteiger partial charge is 0.328 e. The van der Waals surface area contributed by atoms with E-state index in [1.165, 1.54) is 18.3 Å². The Kier molecular flexibility index (Phi) is 2.95. The number of thiazole rings is 1. The molecule has 0 saturated heterocycles. The van der Waals surface area contributed by atoms with Crippen LogP contribution in [0, 0.1) is 0 Å². The van der Waals surface area contributed by atoms with E-state index in [4.69, 9.17) is 10.8 Å². The topological polar surface area (TPSA) is 76.2 Å². The van der Waals surface area contributed by atoms with Crippen molar-refractivity contribution in [2.24, 2.45) is 5.73 Å². The van der Waals surface area contributed by atoms with E-state index in [9.17, 15) is 4.79 Å². The maximum absolute atomic E-state index is 11.0. The zero-order valence-electron chi connectivity index (χ0n) is 9.25. The van der Waals surface area contributed by atoms with Gasteiger partial charge in [0.2, 0.25) is 0 Å². The average molecular weight is 248 g/mol. The molecular formula is C12H12N2O2S. The SMILES string of the molecule is C[C@](N)(C(=O)O)c1ccc(-c2nccs2)cc1. The Labute approximate surface area is 103 Å². The highest BCUT2D eigenvalue weighted by atomic mass is 32.1. The lowest BCUT2D eigenvalue weighted by Crippen LogP contribution is -2.41. The maximum atomic E-state index is 11.0. The molecule has 0 unspecified atom stereocenters. The second-order valence-corrected chi connectivity index (χ2v) is 4.82. The number of carboxylic acid groups (broad SMARTS) is 1. The predicted molar refractivity (Wildman–Crippen MR) is 66.7 cm³/mol. The number of benzene rings is 1. The van der Waals surface area contributed by atoms with Crippen LogP contribution >= 0.6 is 11.3 Å². The first-order valence-corrected chi connectivity index (χ1v) is 5.92. The third-order valence-electron chi connectivity index (χ3n) is 2.61. The third-order valence-corrected chi connectivity index (χ3v) is 3.43. The maximum Gasteiger partial charge on any atom is 0.328 e. The van der Waals surface area contributed by atoms with E-state index in [-0.39, 0.29) is 0 Å². The summed E-state index contributed by atoms with van der Waals surface area (Å²) in [6, 6.07) is 7.13. The molecule has 0 fully saturated rings. The van der Waals surface area contributed by atoms with E-state index in [1.54, 1.807) is 18.3 Å². The van der Waals surface area contributed by atoms with Crippen molar-refractivity contribution in [3.8, 4) is 10.6 Å². The van der Waals surface area contributed by atoms with Crippen LogP contribution in [-0.4, -0.2) is 16.1 Å². The number of nitrogens with zero attached hydrogens (tertiary/aromatic N) is 1. The number of hydrogen-bond acceptors (Lipinski definition) is 4.